The molecule has 1 unspecified atom stereocenters. The van der Waals surface area contributed by atoms with Crippen molar-refractivity contribution in [2.45, 2.75) is 19.9 Å². The first kappa shape index (κ1) is 9.99. The average Bonchev–Trinajstić information content (AvgIpc) is 2.44. The molecule has 1 N–H and O–H groups in total. The van der Waals surface area contributed by atoms with Gasteiger partial charge in [0.1, 0.15) is 0 Å². The quantitative estimate of drug-likeness (QED) is 0.759. The lowest BCUT2D eigenvalue weighted by molar-refractivity contribution is 0.731. The third kappa shape index (κ3) is 2.42. The van der Waals surface area contributed by atoms with Crippen molar-refractivity contribution in [3.05, 3.63) is 23.5 Å². The van der Waals surface area contributed by atoms with E-state index in [1.165, 1.54) is 11.3 Å². The number of nitrogens with zero attached hydrogens (tertiary/aromatic N) is 2. The molecule has 0 saturated heterocycles. The van der Waals surface area contributed by atoms with Crippen molar-refractivity contribution in [1.82, 2.24) is 15.1 Å². The number of rotatable bonds is 3. The summed E-state index contributed by atoms with van der Waals surface area (Å²) in [6.45, 7) is 4.18. The van der Waals surface area contributed by atoms with Crippen LogP contribution in [-0.4, -0.2) is 22.9 Å². The van der Waals surface area contributed by atoms with Gasteiger partial charge in [-0.1, -0.05) is 12.2 Å². The Morgan fingerprint density at radius 1 is 1.62 bits per heavy atom. The fourth-order valence-electron chi connectivity index (χ4n) is 1.02. The minimum atomic E-state index is 0.402. The largest absolute Gasteiger partial charge is 0.314 e. The van der Waals surface area contributed by atoms with Gasteiger partial charge in [-0.05, 0) is 20.9 Å². The summed E-state index contributed by atoms with van der Waals surface area (Å²) >= 11 is 0. The van der Waals surface area contributed by atoms with Gasteiger partial charge in [0, 0.05) is 24.3 Å². The minimum absolute atomic E-state index is 0.402. The zero-order valence-electron chi connectivity index (χ0n) is 8.70. The van der Waals surface area contributed by atoms with Gasteiger partial charge in [0.15, 0.2) is 0 Å². The lowest BCUT2D eigenvalue weighted by atomic mass is 10.2. The van der Waals surface area contributed by atoms with E-state index in [-0.39, 0.29) is 0 Å². The number of hydrogen-bond acceptors (Lipinski definition) is 2. The Balaban J connectivity index is 2.74. The molecule has 1 aromatic rings. The van der Waals surface area contributed by atoms with Gasteiger partial charge < -0.3 is 5.32 Å². The van der Waals surface area contributed by atoms with Gasteiger partial charge in [-0.25, -0.2) is 0 Å². The predicted molar refractivity (Wildman–Crippen MR) is 55.5 cm³/mol. The molecule has 3 heteroatoms. The van der Waals surface area contributed by atoms with E-state index < -0.39 is 0 Å². The van der Waals surface area contributed by atoms with Crippen molar-refractivity contribution in [2.75, 3.05) is 7.05 Å². The molecule has 0 spiro atoms. The third-order valence-electron chi connectivity index (χ3n) is 2.29. The van der Waals surface area contributed by atoms with Gasteiger partial charge in [-0.2, -0.15) is 5.10 Å². The van der Waals surface area contributed by atoms with E-state index in [0.29, 0.717) is 6.04 Å². The maximum absolute atomic E-state index is 4.16. The van der Waals surface area contributed by atoms with Crippen molar-refractivity contribution >= 4 is 6.08 Å². The molecule has 1 heterocycles. The fourth-order valence-corrected chi connectivity index (χ4v) is 1.02. The van der Waals surface area contributed by atoms with Crippen LogP contribution in [0.25, 0.3) is 6.08 Å². The Morgan fingerprint density at radius 2 is 2.31 bits per heavy atom. The second-order valence-electron chi connectivity index (χ2n) is 3.25. The van der Waals surface area contributed by atoms with E-state index in [1.807, 2.05) is 25.0 Å². The molecule has 1 rings (SSSR count). The fraction of sp³-hybridized carbons (Fsp3) is 0.500. The first-order valence-corrected chi connectivity index (χ1v) is 4.49. The monoisotopic (exact) mass is 179 g/mol. The standard InChI is InChI=1S/C10H17N3/c1-8(11-3)5-6-10-7-12-13(4)9(10)2/h5-8,11H,1-4H3/b6-5+. The van der Waals surface area contributed by atoms with Gasteiger partial charge >= 0.3 is 0 Å². The predicted octanol–water partition coefficient (Wildman–Crippen LogP) is 1.35. The van der Waals surface area contributed by atoms with Crippen LogP contribution in [0.5, 0.6) is 0 Å². The van der Waals surface area contributed by atoms with Crippen LogP contribution in [0.15, 0.2) is 12.3 Å². The number of nitrogens with one attached hydrogen (secondary N) is 1. The highest BCUT2D eigenvalue weighted by Crippen LogP contribution is 2.07. The molecule has 0 aromatic carbocycles. The van der Waals surface area contributed by atoms with Crippen molar-refractivity contribution in [3.63, 3.8) is 0 Å². The van der Waals surface area contributed by atoms with E-state index in [4.69, 9.17) is 0 Å². The normalized spacial score (nSPS) is 13.8. The van der Waals surface area contributed by atoms with Crippen molar-refractivity contribution in [1.29, 1.82) is 0 Å². The van der Waals surface area contributed by atoms with Gasteiger partial charge in [-0.15, -0.1) is 0 Å². The van der Waals surface area contributed by atoms with Gasteiger partial charge in [-0.3, -0.25) is 4.68 Å². The van der Waals surface area contributed by atoms with Crippen LogP contribution in [-0.2, 0) is 7.05 Å². The molecule has 0 saturated carbocycles. The van der Waals surface area contributed by atoms with Crippen LogP contribution in [0.1, 0.15) is 18.2 Å². The Bertz CT molecular complexity index is 299. The van der Waals surface area contributed by atoms with Crippen LogP contribution in [0.2, 0.25) is 0 Å². The SMILES string of the molecule is CNC(C)/C=C/c1cnn(C)c1C. The van der Waals surface area contributed by atoms with Crippen molar-refractivity contribution in [2.24, 2.45) is 7.05 Å². The van der Waals surface area contributed by atoms with Gasteiger partial charge in [0.25, 0.3) is 0 Å². The summed E-state index contributed by atoms with van der Waals surface area (Å²) in [6, 6.07) is 0.402. The molecule has 0 bridgehead atoms. The van der Waals surface area contributed by atoms with E-state index in [9.17, 15) is 0 Å². The Morgan fingerprint density at radius 3 is 2.77 bits per heavy atom. The molecule has 0 aliphatic carbocycles. The third-order valence-corrected chi connectivity index (χ3v) is 2.29. The highest BCUT2D eigenvalue weighted by atomic mass is 15.3. The van der Waals surface area contributed by atoms with E-state index in [2.05, 4.69) is 36.4 Å². The van der Waals surface area contributed by atoms with Crippen LogP contribution in [0, 0.1) is 6.92 Å². The smallest absolute Gasteiger partial charge is 0.0564 e. The first-order valence-electron chi connectivity index (χ1n) is 4.49. The lowest BCUT2D eigenvalue weighted by Gasteiger charge is -2.01. The molecule has 1 aromatic heterocycles. The summed E-state index contributed by atoms with van der Waals surface area (Å²) in [5, 5.41) is 7.31. The van der Waals surface area contributed by atoms with Gasteiger partial charge in [0.05, 0.1) is 6.20 Å². The second kappa shape index (κ2) is 4.23. The summed E-state index contributed by atoms with van der Waals surface area (Å²) in [5.74, 6) is 0. The number of likely N-dealkylation sites (N-methyl/N-ethyl adjacent to an activating group) is 1. The molecule has 72 valence electrons. The number of hydrogen-bond donors (Lipinski definition) is 1. The van der Waals surface area contributed by atoms with Crippen LogP contribution in [0.4, 0.5) is 0 Å². The molecule has 0 aliphatic rings. The van der Waals surface area contributed by atoms with Crippen LogP contribution in [0.3, 0.4) is 0 Å². The number of aromatic nitrogens is 2. The van der Waals surface area contributed by atoms with Crippen molar-refractivity contribution in [3.8, 4) is 0 Å². The molecule has 13 heavy (non-hydrogen) atoms. The van der Waals surface area contributed by atoms with Gasteiger partial charge in [0.2, 0.25) is 0 Å². The zero-order valence-corrected chi connectivity index (χ0v) is 8.70. The molecule has 0 aliphatic heterocycles. The molecule has 1 atom stereocenters. The first-order chi connectivity index (χ1) is 6.15. The summed E-state index contributed by atoms with van der Waals surface area (Å²) in [4.78, 5) is 0. The van der Waals surface area contributed by atoms with Crippen LogP contribution < -0.4 is 5.32 Å². The Hall–Kier alpha value is -1.09. The molecule has 3 nitrogen and oxygen atoms in total. The second-order valence-corrected chi connectivity index (χ2v) is 3.25. The average molecular weight is 179 g/mol. The van der Waals surface area contributed by atoms with E-state index in [0.717, 1.165) is 0 Å². The molecular formula is C10H17N3. The minimum Gasteiger partial charge on any atom is -0.314 e. The molecule has 0 fully saturated rings. The Labute approximate surface area is 79.5 Å². The lowest BCUT2D eigenvalue weighted by Crippen LogP contribution is -2.17. The van der Waals surface area contributed by atoms with E-state index >= 15 is 0 Å². The number of aryl methyl sites for hydroxylation is 1. The molecule has 0 radical (unpaired) electrons. The van der Waals surface area contributed by atoms with Crippen molar-refractivity contribution < 1.29 is 0 Å². The molecular weight excluding hydrogens is 162 g/mol. The summed E-state index contributed by atoms with van der Waals surface area (Å²) < 4.78 is 1.88. The van der Waals surface area contributed by atoms with E-state index in [1.54, 1.807) is 0 Å². The zero-order chi connectivity index (χ0) is 9.84. The van der Waals surface area contributed by atoms with Crippen LogP contribution >= 0.6 is 0 Å². The topological polar surface area (TPSA) is 29.9 Å². The Kier molecular flexibility index (Phi) is 3.25. The summed E-state index contributed by atoms with van der Waals surface area (Å²) in [5.41, 5.74) is 2.38. The highest BCUT2D eigenvalue weighted by Gasteiger charge is 1.99. The highest BCUT2D eigenvalue weighted by molar-refractivity contribution is 5.51. The summed E-state index contributed by atoms with van der Waals surface area (Å²) in [6.07, 6.45) is 6.11. The summed E-state index contributed by atoms with van der Waals surface area (Å²) in [7, 11) is 3.90. The maximum atomic E-state index is 4.16. The maximum Gasteiger partial charge on any atom is 0.0564 e. The molecule has 0 amide bonds.